The van der Waals surface area contributed by atoms with Gasteiger partial charge in [0, 0.05) is 32.2 Å². The topological polar surface area (TPSA) is 0 Å². The third-order valence-corrected chi connectivity index (χ3v) is 5.21. The quantitative estimate of drug-likeness (QED) is 0.169. The van der Waals surface area contributed by atoms with Crippen LogP contribution in [0.2, 0.25) is 0 Å². The molecule has 0 saturated carbocycles. The monoisotopic (exact) mass is 550 g/mol. The zero-order valence-corrected chi connectivity index (χ0v) is 18.1. The first-order valence-electron chi connectivity index (χ1n) is 7.19. The Labute approximate surface area is 172 Å². The summed E-state index contributed by atoms with van der Waals surface area (Å²) in [4.78, 5) is 2.55. The first kappa shape index (κ1) is 22.3. The van der Waals surface area contributed by atoms with Crippen LogP contribution in [0.1, 0.15) is 0 Å². The number of hydrogen-bond acceptors (Lipinski definition) is 0. The van der Waals surface area contributed by atoms with E-state index in [-0.39, 0.29) is 0 Å². The van der Waals surface area contributed by atoms with Crippen molar-refractivity contribution in [1.29, 1.82) is 0 Å². The van der Waals surface area contributed by atoms with E-state index >= 15 is 0 Å². The summed E-state index contributed by atoms with van der Waals surface area (Å²) in [6.07, 6.45) is 0. The third kappa shape index (κ3) is 9.65. The number of benzene rings is 2. The van der Waals surface area contributed by atoms with Gasteiger partial charge in [-0.1, -0.05) is 37.9 Å². The zero-order valence-electron chi connectivity index (χ0n) is 13.2. The summed E-state index contributed by atoms with van der Waals surface area (Å²) < 4.78 is 61.4. The van der Waals surface area contributed by atoms with Crippen molar-refractivity contribution in [3.8, 4) is 20.9 Å². The molecule has 1 aromatic heterocycles. The maximum absolute atomic E-state index is 10.7. The van der Waals surface area contributed by atoms with Crippen molar-refractivity contribution in [2.24, 2.45) is 0 Å². The van der Waals surface area contributed by atoms with E-state index in [0.717, 1.165) is 8.95 Å². The molecule has 0 unspecified atom stereocenters. The Kier molecular flexibility index (Phi) is 6.13. The number of rotatable bonds is 2. The van der Waals surface area contributed by atoms with Gasteiger partial charge in [-0.05, 0) is 48.5 Å². The van der Waals surface area contributed by atoms with E-state index in [4.69, 9.17) is 0 Å². The standard InChI is InChI=1S/C17H11Br2S.F6P/c18-14-8-4-12(5-9-14)16-2-1-3-17(20-16)13-6-10-15(19)11-7-13;1-7(2,3,4,5)6/h1-11H;/q+1;-1. The van der Waals surface area contributed by atoms with Crippen LogP contribution in [0, 0.1) is 0 Å². The van der Waals surface area contributed by atoms with Crippen molar-refractivity contribution >= 4 is 51.0 Å². The predicted molar refractivity (Wildman–Crippen MR) is 109 cm³/mol. The van der Waals surface area contributed by atoms with Gasteiger partial charge >= 0.3 is 33.0 Å². The first-order chi connectivity index (χ1) is 12.2. The molecule has 0 bridgehead atoms. The van der Waals surface area contributed by atoms with E-state index in [2.05, 4.69) is 98.6 Å². The fraction of sp³-hybridized carbons (Fsp3) is 0. The SMILES string of the molecule is Brc1ccc(-c2cccc(-c3ccc(Br)cc3)[s+]2)cc1.F[P-](F)(F)(F)(F)F. The molecule has 2 aromatic carbocycles. The Morgan fingerprint density at radius 2 is 0.852 bits per heavy atom. The van der Waals surface area contributed by atoms with Crippen molar-refractivity contribution in [2.45, 2.75) is 0 Å². The molecule has 10 heteroatoms. The van der Waals surface area contributed by atoms with E-state index in [1.165, 1.54) is 20.9 Å². The molecule has 0 aliphatic carbocycles. The zero-order chi connectivity index (χ0) is 20.4. The molecule has 0 aliphatic heterocycles. The molecule has 0 amide bonds. The average Bonchev–Trinajstić information content (AvgIpc) is 2.53. The summed E-state index contributed by atoms with van der Waals surface area (Å²) in [6, 6.07) is 23.3. The van der Waals surface area contributed by atoms with Gasteiger partial charge in [-0.3, -0.25) is 0 Å². The second kappa shape index (κ2) is 7.43. The number of halogens is 8. The minimum absolute atomic E-state index is 1.11. The van der Waals surface area contributed by atoms with Gasteiger partial charge in [0.25, 0.3) is 0 Å². The fourth-order valence-electron chi connectivity index (χ4n) is 1.95. The first-order valence-corrected chi connectivity index (χ1v) is 11.6. The molecule has 0 N–H and O–H groups in total. The van der Waals surface area contributed by atoms with Crippen molar-refractivity contribution in [2.75, 3.05) is 0 Å². The molecule has 0 saturated heterocycles. The Morgan fingerprint density at radius 3 is 1.15 bits per heavy atom. The minimum atomic E-state index is -10.7. The molecule has 0 atom stereocenters. The molecule has 0 radical (unpaired) electrons. The van der Waals surface area contributed by atoms with Crippen LogP contribution in [0.3, 0.4) is 0 Å². The summed E-state index contributed by atoms with van der Waals surface area (Å²) in [6.45, 7) is 0. The van der Waals surface area contributed by atoms with Crippen LogP contribution in [0.5, 0.6) is 0 Å². The third-order valence-electron chi connectivity index (χ3n) is 2.97. The normalized spacial score (nSPS) is 13.8. The molecular weight excluding hydrogens is 541 g/mol. The van der Waals surface area contributed by atoms with E-state index in [0.29, 0.717) is 0 Å². The van der Waals surface area contributed by atoms with Gasteiger partial charge in [0.1, 0.15) is 0 Å². The molecule has 0 fully saturated rings. The molecule has 0 aliphatic rings. The van der Waals surface area contributed by atoms with Crippen LogP contribution < -0.4 is 0 Å². The molecule has 0 spiro atoms. The average molecular weight is 552 g/mol. The van der Waals surface area contributed by atoms with Gasteiger partial charge in [0.05, 0.1) is 0 Å². The predicted octanol–water partition coefficient (Wildman–Crippen LogP) is 10.3. The van der Waals surface area contributed by atoms with Gasteiger partial charge in [-0.2, -0.15) is 0 Å². The second-order valence-corrected chi connectivity index (χ2v) is 10.2. The van der Waals surface area contributed by atoms with Crippen LogP contribution in [-0.4, -0.2) is 0 Å². The molecule has 1 heterocycles. The van der Waals surface area contributed by atoms with Gasteiger partial charge in [-0.25, -0.2) is 0 Å². The molecule has 0 nitrogen and oxygen atoms in total. The summed E-state index contributed by atoms with van der Waals surface area (Å²) in [5.74, 6) is 0. The summed E-state index contributed by atoms with van der Waals surface area (Å²) in [5.41, 5.74) is 2.49. The van der Waals surface area contributed by atoms with Crippen molar-refractivity contribution in [3.63, 3.8) is 0 Å². The van der Waals surface area contributed by atoms with Crippen molar-refractivity contribution in [1.82, 2.24) is 0 Å². The molecule has 27 heavy (non-hydrogen) atoms. The van der Waals surface area contributed by atoms with Crippen LogP contribution >= 0.6 is 51.0 Å². The van der Waals surface area contributed by atoms with E-state index in [9.17, 15) is 25.2 Å². The van der Waals surface area contributed by atoms with Crippen LogP contribution in [0.15, 0.2) is 75.7 Å². The van der Waals surface area contributed by atoms with E-state index < -0.39 is 7.81 Å². The second-order valence-electron chi connectivity index (χ2n) is 5.33. The molecule has 146 valence electrons. The van der Waals surface area contributed by atoms with Gasteiger partial charge < -0.3 is 0 Å². The molecular formula is C17H11Br2F6PS. The Hall–Kier alpha value is -1.02. The number of hydrogen-bond donors (Lipinski definition) is 0. The Balaban J connectivity index is 0.000000321. The van der Waals surface area contributed by atoms with Gasteiger partial charge in [-0.15, -0.1) is 0 Å². The fourth-order valence-corrected chi connectivity index (χ4v) is 3.51. The van der Waals surface area contributed by atoms with Crippen molar-refractivity contribution < 1.29 is 25.2 Å². The van der Waals surface area contributed by atoms with Gasteiger partial charge in [0.2, 0.25) is 21.1 Å². The molecule has 3 aromatic rings. The summed E-state index contributed by atoms with van der Waals surface area (Å²) in [5, 5.41) is 0. The maximum atomic E-state index is 9.87. The van der Waals surface area contributed by atoms with Crippen molar-refractivity contribution in [3.05, 3.63) is 75.7 Å². The van der Waals surface area contributed by atoms with E-state index in [1.54, 1.807) is 0 Å². The summed E-state index contributed by atoms with van der Waals surface area (Å²) >= 11 is 8.76. The Bertz CT molecular complexity index is 855. The van der Waals surface area contributed by atoms with E-state index in [1.807, 2.05) is 11.3 Å². The Morgan fingerprint density at radius 1 is 0.556 bits per heavy atom. The van der Waals surface area contributed by atoms with Gasteiger partial charge in [0.15, 0.2) is 0 Å². The molecule has 3 rings (SSSR count). The summed E-state index contributed by atoms with van der Waals surface area (Å²) in [7, 11) is -10.7. The van der Waals surface area contributed by atoms with Crippen LogP contribution in [-0.2, 0) is 0 Å². The van der Waals surface area contributed by atoms with Crippen LogP contribution in [0.4, 0.5) is 25.2 Å². The van der Waals surface area contributed by atoms with Crippen LogP contribution in [0.25, 0.3) is 20.9 Å².